The molecule has 0 spiro atoms. The van der Waals surface area contributed by atoms with Crippen LogP contribution >= 0.6 is 0 Å². The predicted octanol–water partition coefficient (Wildman–Crippen LogP) is 4.03. The summed E-state index contributed by atoms with van der Waals surface area (Å²) in [7, 11) is 0. The summed E-state index contributed by atoms with van der Waals surface area (Å²) in [5, 5.41) is 14.2. The molecule has 4 heteroatoms. The molecule has 2 aromatic carbocycles. The second-order valence-electron chi connectivity index (χ2n) is 5.79. The standard InChI is InChI=1S/C20H17N3O/c1-14(2)23-20(24)17(13-21)18(15-9-5-3-6-10-15)19(22-23)16-11-7-4-8-12-16/h3-12,14H,1-2H3. The molecule has 0 N–H and O–H groups in total. The van der Waals surface area contributed by atoms with Crippen molar-refractivity contribution < 1.29 is 0 Å². The first-order valence-corrected chi connectivity index (χ1v) is 7.81. The second-order valence-corrected chi connectivity index (χ2v) is 5.79. The molecule has 3 aromatic rings. The molecule has 24 heavy (non-hydrogen) atoms. The Hall–Kier alpha value is -3.19. The highest BCUT2D eigenvalue weighted by Gasteiger charge is 2.20. The van der Waals surface area contributed by atoms with E-state index in [1.54, 1.807) is 0 Å². The van der Waals surface area contributed by atoms with Crippen LogP contribution in [0.3, 0.4) is 0 Å². The van der Waals surface area contributed by atoms with Crippen LogP contribution in [0.4, 0.5) is 0 Å². The highest BCUT2D eigenvalue weighted by Crippen LogP contribution is 2.31. The summed E-state index contributed by atoms with van der Waals surface area (Å²) in [6, 6.07) is 21.1. The monoisotopic (exact) mass is 315 g/mol. The van der Waals surface area contributed by atoms with Gasteiger partial charge in [-0.2, -0.15) is 10.4 Å². The van der Waals surface area contributed by atoms with Gasteiger partial charge >= 0.3 is 0 Å². The van der Waals surface area contributed by atoms with Crippen LogP contribution in [-0.4, -0.2) is 9.78 Å². The highest BCUT2D eigenvalue weighted by atomic mass is 16.1. The van der Waals surface area contributed by atoms with Crippen molar-refractivity contribution in [2.75, 3.05) is 0 Å². The van der Waals surface area contributed by atoms with Crippen molar-refractivity contribution in [3.8, 4) is 28.5 Å². The Kier molecular flexibility index (Phi) is 4.26. The molecule has 0 aliphatic rings. The normalized spacial score (nSPS) is 10.6. The van der Waals surface area contributed by atoms with Gasteiger partial charge in [0.15, 0.2) is 0 Å². The van der Waals surface area contributed by atoms with E-state index >= 15 is 0 Å². The fraction of sp³-hybridized carbons (Fsp3) is 0.150. The molecule has 4 nitrogen and oxygen atoms in total. The molecule has 0 amide bonds. The van der Waals surface area contributed by atoms with Gasteiger partial charge in [0.1, 0.15) is 17.3 Å². The van der Waals surface area contributed by atoms with Crippen molar-refractivity contribution in [1.29, 1.82) is 5.26 Å². The van der Waals surface area contributed by atoms with E-state index in [9.17, 15) is 10.1 Å². The van der Waals surface area contributed by atoms with Crippen LogP contribution in [0.1, 0.15) is 25.5 Å². The van der Waals surface area contributed by atoms with E-state index in [2.05, 4.69) is 11.2 Å². The van der Waals surface area contributed by atoms with Gasteiger partial charge < -0.3 is 0 Å². The Balaban J connectivity index is 2.44. The van der Waals surface area contributed by atoms with Crippen molar-refractivity contribution in [1.82, 2.24) is 9.78 Å². The summed E-state index contributed by atoms with van der Waals surface area (Å²) in [6.07, 6.45) is 0. The summed E-state index contributed by atoms with van der Waals surface area (Å²) in [4.78, 5) is 12.7. The molecule has 118 valence electrons. The lowest BCUT2D eigenvalue weighted by atomic mass is 9.96. The van der Waals surface area contributed by atoms with E-state index in [0.717, 1.165) is 11.1 Å². The molecular formula is C20H17N3O. The predicted molar refractivity (Wildman–Crippen MR) is 94.5 cm³/mol. The van der Waals surface area contributed by atoms with Crippen molar-refractivity contribution in [2.24, 2.45) is 0 Å². The number of nitrogens with zero attached hydrogens (tertiary/aromatic N) is 3. The van der Waals surface area contributed by atoms with Gasteiger partial charge in [-0.15, -0.1) is 0 Å². The van der Waals surface area contributed by atoms with E-state index in [1.807, 2.05) is 74.5 Å². The third-order valence-corrected chi connectivity index (χ3v) is 3.83. The smallest absolute Gasteiger partial charge is 0.266 e. The SMILES string of the molecule is CC(C)n1nc(-c2ccccc2)c(-c2ccccc2)c(C#N)c1=O. The number of hydrogen-bond acceptors (Lipinski definition) is 3. The highest BCUT2D eigenvalue weighted by molar-refractivity contribution is 5.84. The summed E-state index contributed by atoms with van der Waals surface area (Å²) < 4.78 is 1.38. The van der Waals surface area contributed by atoms with Crippen LogP contribution in [0, 0.1) is 11.3 Å². The van der Waals surface area contributed by atoms with Gasteiger partial charge in [0.05, 0.1) is 6.04 Å². The van der Waals surface area contributed by atoms with Crippen molar-refractivity contribution in [2.45, 2.75) is 19.9 Å². The minimum Gasteiger partial charge on any atom is -0.266 e. The lowest BCUT2D eigenvalue weighted by Crippen LogP contribution is -2.28. The first-order valence-electron chi connectivity index (χ1n) is 7.81. The van der Waals surface area contributed by atoms with Crippen molar-refractivity contribution in [3.05, 3.63) is 76.6 Å². The maximum absolute atomic E-state index is 12.7. The van der Waals surface area contributed by atoms with Gasteiger partial charge in [0, 0.05) is 11.1 Å². The molecule has 0 aliphatic heterocycles. The fourth-order valence-corrected chi connectivity index (χ4v) is 2.68. The quantitative estimate of drug-likeness (QED) is 0.733. The molecule has 0 bridgehead atoms. The molecule has 0 saturated heterocycles. The van der Waals surface area contributed by atoms with Crippen LogP contribution in [0.5, 0.6) is 0 Å². The van der Waals surface area contributed by atoms with Crippen LogP contribution in [0.25, 0.3) is 22.4 Å². The molecule has 1 aromatic heterocycles. The first-order chi connectivity index (χ1) is 11.6. The minimum atomic E-state index is -0.356. The Bertz CT molecular complexity index is 952. The van der Waals surface area contributed by atoms with Crippen molar-refractivity contribution in [3.63, 3.8) is 0 Å². The molecular weight excluding hydrogens is 298 g/mol. The molecule has 0 aliphatic carbocycles. The third kappa shape index (κ3) is 2.72. The van der Waals surface area contributed by atoms with Crippen LogP contribution in [-0.2, 0) is 0 Å². The second kappa shape index (κ2) is 6.51. The van der Waals surface area contributed by atoms with Crippen LogP contribution in [0.15, 0.2) is 65.5 Å². The Morgan fingerprint density at radius 3 is 2.00 bits per heavy atom. The van der Waals surface area contributed by atoms with Gasteiger partial charge in [0.25, 0.3) is 5.56 Å². The molecule has 0 unspecified atom stereocenters. The van der Waals surface area contributed by atoms with Gasteiger partial charge in [-0.1, -0.05) is 60.7 Å². The van der Waals surface area contributed by atoms with E-state index in [1.165, 1.54) is 4.68 Å². The maximum Gasteiger partial charge on any atom is 0.285 e. The van der Waals surface area contributed by atoms with Gasteiger partial charge in [-0.05, 0) is 19.4 Å². The number of nitriles is 1. The molecule has 0 saturated carbocycles. The first kappa shape index (κ1) is 15.7. The topological polar surface area (TPSA) is 58.7 Å². The molecule has 1 heterocycles. The fourth-order valence-electron chi connectivity index (χ4n) is 2.68. The minimum absolute atomic E-state index is 0.128. The number of rotatable bonds is 3. The molecule has 0 atom stereocenters. The largest absolute Gasteiger partial charge is 0.285 e. The number of benzene rings is 2. The average molecular weight is 315 g/mol. The van der Waals surface area contributed by atoms with E-state index in [-0.39, 0.29) is 17.2 Å². The van der Waals surface area contributed by atoms with Gasteiger partial charge in [0.2, 0.25) is 0 Å². The number of hydrogen-bond donors (Lipinski definition) is 0. The lowest BCUT2D eigenvalue weighted by molar-refractivity contribution is 0.504. The van der Waals surface area contributed by atoms with E-state index < -0.39 is 0 Å². The summed E-state index contributed by atoms with van der Waals surface area (Å²) in [6.45, 7) is 3.76. The number of aromatic nitrogens is 2. The van der Waals surface area contributed by atoms with Crippen LogP contribution in [0.2, 0.25) is 0 Å². The molecule has 3 rings (SSSR count). The van der Waals surface area contributed by atoms with Crippen molar-refractivity contribution >= 4 is 0 Å². The zero-order chi connectivity index (χ0) is 17.1. The van der Waals surface area contributed by atoms with E-state index in [0.29, 0.717) is 11.3 Å². The van der Waals surface area contributed by atoms with E-state index in [4.69, 9.17) is 0 Å². The Labute approximate surface area is 140 Å². The summed E-state index contributed by atoms with van der Waals surface area (Å²) in [5.41, 5.74) is 2.70. The zero-order valence-corrected chi connectivity index (χ0v) is 13.6. The summed E-state index contributed by atoms with van der Waals surface area (Å²) in [5.74, 6) is 0. The maximum atomic E-state index is 12.7. The van der Waals surface area contributed by atoms with Gasteiger partial charge in [-0.25, -0.2) is 4.68 Å². The molecule has 0 fully saturated rings. The average Bonchev–Trinajstić information content (AvgIpc) is 2.62. The Morgan fingerprint density at radius 1 is 0.958 bits per heavy atom. The lowest BCUT2D eigenvalue weighted by Gasteiger charge is -2.16. The third-order valence-electron chi connectivity index (χ3n) is 3.83. The molecule has 0 radical (unpaired) electrons. The summed E-state index contributed by atoms with van der Waals surface area (Å²) >= 11 is 0. The zero-order valence-electron chi connectivity index (χ0n) is 13.6. The Morgan fingerprint density at radius 2 is 1.50 bits per heavy atom. The van der Waals surface area contributed by atoms with Gasteiger partial charge in [-0.3, -0.25) is 4.79 Å². The van der Waals surface area contributed by atoms with Crippen LogP contribution < -0.4 is 5.56 Å².